The molecule has 11 nitrogen and oxygen atoms in total. The van der Waals surface area contributed by atoms with Crippen molar-refractivity contribution in [1.29, 1.82) is 0 Å². The second kappa shape index (κ2) is 10.4. The molecule has 3 aromatic rings. The molecule has 2 amide bonds. The van der Waals surface area contributed by atoms with Gasteiger partial charge in [-0.25, -0.2) is 4.98 Å². The predicted molar refractivity (Wildman–Crippen MR) is 128 cm³/mol. The van der Waals surface area contributed by atoms with Crippen molar-refractivity contribution in [2.24, 2.45) is 0 Å². The summed E-state index contributed by atoms with van der Waals surface area (Å²) in [6.45, 7) is 2.39. The number of amides is 2. The van der Waals surface area contributed by atoms with Crippen LogP contribution in [0.2, 0.25) is 0 Å². The minimum atomic E-state index is -1.03. The van der Waals surface area contributed by atoms with Crippen molar-refractivity contribution in [1.82, 2.24) is 19.8 Å². The largest absolute Gasteiger partial charge is 0.481 e. The van der Waals surface area contributed by atoms with Gasteiger partial charge in [-0.3, -0.25) is 24.5 Å². The third-order valence-corrected chi connectivity index (χ3v) is 6.12. The van der Waals surface area contributed by atoms with Crippen molar-refractivity contribution < 1.29 is 24.4 Å². The van der Waals surface area contributed by atoms with E-state index in [4.69, 9.17) is 5.11 Å². The van der Waals surface area contributed by atoms with Crippen LogP contribution < -0.4 is 5.32 Å². The molecular formula is C25H25N5O6. The number of aryl methyl sites for hydroxylation is 1. The number of carbonyl (C=O) groups excluding carboxylic acids is 2. The van der Waals surface area contributed by atoms with E-state index in [-0.39, 0.29) is 37.5 Å². The summed E-state index contributed by atoms with van der Waals surface area (Å²) in [5, 5.41) is 22.4. The predicted octanol–water partition coefficient (Wildman–Crippen LogP) is 2.31. The molecular weight excluding hydrogens is 466 g/mol. The van der Waals surface area contributed by atoms with Crippen molar-refractivity contribution >= 4 is 23.5 Å². The number of nitrogens with zero attached hydrogens (tertiary/aromatic N) is 4. The molecule has 0 bridgehead atoms. The third kappa shape index (κ3) is 5.40. The van der Waals surface area contributed by atoms with Crippen LogP contribution in [0.15, 0.2) is 54.9 Å². The summed E-state index contributed by atoms with van der Waals surface area (Å²) in [5.74, 6) is -1.78. The average molecular weight is 492 g/mol. The molecule has 1 atom stereocenters. The number of hydrogen-bond acceptors (Lipinski definition) is 6. The first-order valence-corrected chi connectivity index (χ1v) is 11.4. The molecule has 2 aromatic carbocycles. The lowest BCUT2D eigenvalue weighted by atomic mass is 9.99. The van der Waals surface area contributed by atoms with Gasteiger partial charge in [0, 0.05) is 37.2 Å². The maximum Gasteiger partial charge on any atom is 0.305 e. The van der Waals surface area contributed by atoms with Gasteiger partial charge in [0.1, 0.15) is 6.04 Å². The smallest absolute Gasteiger partial charge is 0.305 e. The molecule has 11 heteroatoms. The van der Waals surface area contributed by atoms with Gasteiger partial charge in [0.15, 0.2) is 0 Å². The first-order valence-electron chi connectivity index (χ1n) is 11.4. The molecule has 0 spiro atoms. The highest BCUT2D eigenvalue weighted by molar-refractivity contribution is 5.98. The summed E-state index contributed by atoms with van der Waals surface area (Å²) in [6.07, 6.45) is 1.59. The van der Waals surface area contributed by atoms with E-state index in [0.717, 1.165) is 16.8 Å². The van der Waals surface area contributed by atoms with E-state index in [0.29, 0.717) is 17.8 Å². The maximum absolute atomic E-state index is 13.5. The lowest BCUT2D eigenvalue weighted by Gasteiger charge is -2.35. The fourth-order valence-electron chi connectivity index (χ4n) is 4.14. The van der Waals surface area contributed by atoms with Gasteiger partial charge < -0.3 is 19.9 Å². The molecule has 36 heavy (non-hydrogen) atoms. The normalized spacial score (nSPS) is 14.7. The van der Waals surface area contributed by atoms with Crippen molar-refractivity contribution in [2.45, 2.75) is 38.9 Å². The Hall–Kier alpha value is -4.54. The van der Waals surface area contributed by atoms with E-state index in [1.165, 1.54) is 17.0 Å². The summed E-state index contributed by atoms with van der Waals surface area (Å²) in [4.78, 5) is 53.7. The van der Waals surface area contributed by atoms with Gasteiger partial charge in [0.25, 0.3) is 11.6 Å². The molecule has 0 saturated carbocycles. The number of non-ortho nitro benzene ring substituents is 1. The number of aromatic nitrogens is 2. The molecule has 0 saturated heterocycles. The Morgan fingerprint density at radius 3 is 2.47 bits per heavy atom. The van der Waals surface area contributed by atoms with Crippen molar-refractivity contribution in [3.8, 4) is 0 Å². The van der Waals surface area contributed by atoms with Crippen LogP contribution in [0.4, 0.5) is 5.69 Å². The molecule has 1 unspecified atom stereocenters. The minimum Gasteiger partial charge on any atom is -0.481 e. The maximum atomic E-state index is 13.5. The number of carbonyl (C=O) groups is 3. The first-order chi connectivity index (χ1) is 17.2. The zero-order valence-corrected chi connectivity index (χ0v) is 19.6. The second-order valence-electron chi connectivity index (χ2n) is 8.64. The van der Waals surface area contributed by atoms with Gasteiger partial charge in [-0.15, -0.1) is 0 Å². The Balaban J connectivity index is 1.60. The van der Waals surface area contributed by atoms with Crippen LogP contribution in [-0.4, -0.2) is 54.9 Å². The van der Waals surface area contributed by atoms with Crippen LogP contribution in [0.1, 0.15) is 39.3 Å². The molecule has 0 fully saturated rings. The summed E-state index contributed by atoms with van der Waals surface area (Å²) in [5.41, 5.74) is 3.70. The van der Waals surface area contributed by atoms with Gasteiger partial charge in [-0.2, -0.15) is 0 Å². The van der Waals surface area contributed by atoms with Crippen molar-refractivity contribution in [3.05, 3.63) is 93.1 Å². The van der Waals surface area contributed by atoms with Crippen LogP contribution in [0.25, 0.3) is 0 Å². The standard InChI is InChI=1S/C25H25N5O6/c1-16-2-6-18(7-3-16)25(34)29-14-22-20(12-21(29)24(33)26-11-10-23(31)32)27-15-28(22)13-17-4-8-19(9-5-17)30(35)36/h2-9,15,21H,10-14H2,1H3,(H,26,33)(H,31,32). The zero-order chi connectivity index (χ0) is 25.8. The number of hydrogen-bond donors (Lipinski definition) is 2. The molecule has 1 aliphatic rings. The van der Waals surface area contributed by atoms with Crippen LogP contribution in [0.5, 0.6) is 0 Å². The number of imidazole rings is 1. The molecule has 2 N–H and O–H groups in total. The minimum absolute atomic E-state index is 0.00182. The first kappa shape index (κ1) is 24.6. The topological polar surface area (TPSA) is 148 Å². The third-order valence-electron chi connectivity index (χ3n) is 6.12. The lowest BCUT2D eigenvalue weighted by Crippen LogP contribution is -2.53. The molecule has 0 aliphatic carbocycles. The van der Waals surface area contributed by atoms with Gasteiger partial charge in [-0.05, 0) is 24.6 Å². The second-order valence-corrected chi connectivity index (χ2v) is 8.64. The van der Waals surface area contributed by atoms with Gasteiger partial charge in [0.05, 0.1) is 35.6 Å². The summed E-state index contributed by atoms with van der Waals surface area (Å²) in [6, 6.07) is 12.4. The van der Waals surface area contributed by atoms with Gasteiger partial charge >= 0.3 is 5.97 Å². The summed E-state index contributed by atoms with van der Waals surface area (Å²) in [7, 11) is 0. The Bertz CT molecular complexity index is 1300. The quantitative estimate of drug-likeness (QED) is 0.363. The molecule has 4 rings (SSSR count). The zero-order valence-electron chi connectivity index (χ0n) is 19.6. The number of nitro benzene ring substituents is 1. The Labute approximate surface area is 206 Å². The Kier molecular flexibility index (Phi) is 7.09. The highest BCUT2D eigenvalue weighted by atomic mass is 16.6. The Morgan fingerprint density at radius 1 is 1.14 bits per heavy atom. The Morgan fingerprint density at radius 2 is 1.83 bits per heavy atom. The number of nitro groups is 1. The highest BCUT2D eigenvalue weighted by Gasteiger charge is 2.37. The fraction of sp³-hybridized carbons (Fsp3) is 0.280. The fourth-order valence-corrected chi connectivity index (χ4v) is 4.14. The van der Waals surface area contributed by atoms with Crippen LogP contribution in [0, 0.1) is 17.0 Å². The van der Waals surface area contributed by atoms with Crippen molar-refractivity contribution in [3.63, 3.8) is 0 Å². The van der Waals surface area contributed by atoms with E-state index in [2.05, 4.69) is 10.3 Å². The number of nitrogens with one attached hydrogen (secondary N) is 1. The SMILES string of the molecule is Cc1ccc(C(=O)N2Cc3c(ncn3Cc3ccc([N+](=O)[O-])cc3)CC2C(=O)NCCC(=O)O)cc1. The van der Waals surface area contributed by atoms with Crippen LogP contribution in [0.3, 0.4) is 0 Å². The van der Waals surface area contributed by atoms with Crippen LogP contribution in [-0.2, 0) is 29.1 Å². The molecule has 2 heterocycles. The summed E-state index contributed by atoms with van der Waals surface area (Å²) < 4.78 is 1.87. The number of carboxylic acids is 1. The molecule has 186 valence electrons. The number of fused-ring (bicyclic) bond motifs is 1. The highest BCUT2D eigenvalue weighted by Crippen LogP contribution is 2.26. The number of rotatable bonds is 8. The number of carboxylic acid groups (broad SMARTS) is 1. The molecule has 1 aromatic heterocycles. The van der Waals surface area contributed by atoms with Crippen LogP contribution >= 0.6 is 0 Å². The monoisotopic (exact) mass is 491 g/mol. The molecule has 1 aliphatic heterocycles. The molecule has 0 radical (unpaired) electrons. The van der Waals surface area contributed by atoms with E-state index >= 15 is 0 Å². The van der Waals surface area contributed by atoms with E-state index in [1.807, 2.05) is 23.6 Å². The van der Waals surface area contributed by atoms with E-state index < -0.39 is 22.8 Å². The van der Waals surface area contributed by atoms with Gasteiger partial charge in [0.2, 0.25) is 5.91 Å². The van der Waals surface area contributed by atoms with E-state index in [1.54, 1.807) is 30.6 Å². The van der Waals surface area contributed by atoms with Gasteiger partial charge in [-0.1, -0.05) is 29.8 Å². The lowest BCUT2D eigenvalue weighted by molar-refractivity contribution is -0.384. The van der Waals surface area contributed by atoms with E-state index in [9.17, 15) is 24.5 Å². The number of benzene rings is 2. The average Bonchev–Trinajstić information content (AvgIpc) is 3.25. The number of aliphatic carboxylic acids is 1. The van der Waals surface area contributed by atoms with Crippen molar-refractivity contribution in [2.75, 3.05) is 6.54 Å². The summed E-state index contributed by atoms with van der Waals surface area (Å²) >= 11 is 0.